The molecule has 0 radical (unpaired) electrons. The van der Waals surface area contributed by atoms with Crippen molar-refractivity contribution >= 4 is 17.4 Å². The number of thioether (sulfide) groups is 1. The summed E-state index contributed by atoms with van der Waals surface area (Å²) in [5, 5.41) is 0. The fourth-order valence-electron chi connectivity index (χ4n) is 1.59. The van der Waals surface area contributed by atoms with E-state index in [2.05, 4.69) is 36.1 Å². The largest absolute Gasteiger partial charge is 0.361 e. The van der Waals surface area contributed by atoms with E-state index in [0.29, 0.717) is 0 Å². The van der Waals surface area contributed by atoms with Crippen LogP contribution in [0.15, 0.2) is 29.2 Å². The Balaban J connectivity index is 2.09. The number of unbranched alkanes of at least 4 members (excludes halogenated alkanes) is 1. The van der Waals surface area contributed by atoms with E-state index in [-0.39, 0.29) is 0 Å². The highest BCUT2D eigenvalue weighted by molar-refractivity contribution is 7.99. The van der Waals surface area contributed by atoms with Gasteiger partial charge in [-0.1, -0.05) is 25.5 Å². The maximum atomic E-state index is 2.48. The van der Waals surface area contributed by atoms with Crippen LogP contribution in [0.2, 0.25) is 0 Å². The second kappa shape index (κ2) is 4.05. The summed E-state index contributed by atoms with van der Waals surface area (Å²) in [5.74, 6) is 1.14. The lowest BCUT2D eigenvalue weighted by molar-refractivity contribution is 0.761. The second-order valence-electron chi connectivity index (χ2n) is 3.36. The first-order valence-corrected chi connectivity index (χ1v) is 5.87. The van der Waals surface area contributed by atoms with E-state index < -0.39 is 0 Å². The molecule has 0 N–H and O–H groups in total. The van der Waals surface area contributed by atoms with Crippen LogP contribution in [0.1, 0.15) is 19.8 Å². The maximum Gasteiger partial charge on any atom is 0.0686 e. The molecule has 0 fully saturated rings. The van der Waals surface area contributed by atoms with Gasteiger partial charge in [-0.05, 0) is 18.6 Å². The molecule has 1 aromatic carbocycles. The molecule has 1 aliphatic heterocycles. The molecule has 0 bridgehead atoms. The Morgan fingerprint density at radius 2 is 2.23 bits per heavy atom. The van der Waals surface area contributed by atoms with Gasteiger partial charge < -0.3 is 4.90 Å². The molecule has 0 aliphatic carbocycles. The predicted molar refractivity (Wildman–Crippen MR) is 59.4 cm³/mol. The molecule has 2 heteroatoms. The van der Waals surface area contributed by atoms with Gasteiger partial charge in [0.15, 0.2) is 0 Å². The van der Waals surface area contributed by atoms with E-state index in [0.717, 1.165) is 5.88 Å². The Hall–Kier alpha value is -0.630. The van der Waals surface area contributed by atoms with Crippen LogP contribution in [0.4, 0.5) is 5.69 Å². The minimum absolute atomic E-state index is 1.14. The molecule has 1 aliphatic rings. The van der Waals surface area contributed by atoms with E-state index in [4.69, 9.17) is 0 Å². The van der Waals surface area contributed by atoms with Crippen molar-refractivity contribution in [3.05, 3.63) is 24.3 Å². The van der Waals surface area contributed by atoms with E-state index in [1.165, 1.54) is 30.0 Å². The average Bonchev–Trinajstić information content (AvgIpc) is 2.58. The Kier molecular flexibility index (Phi) is 2.79. The first kappa shape index (κ1) is 8.95. The van der Waals surface area contributed by atoms with Crippen LogP contribution in [-0.2, 0) is 0 Å². The average molecular weight is 193 g/mol. The van der Waals surface area contributed by atoms with Crippen molar-refractivity contribution in [1.82, 2.24) is 0 Å². The number of benzene rings is 1. The van der Waals surface area contributed by atoms with Crippen LogP contribution >= 0.6 is 11.8 Å². The van der Waals surface area contributed by atoms with Gasteiger partial charge in [0.05, 0.1) is 11.6 Å². The van der Waals surface area contributed by atoms with Crippen molar-refractivity contribution in [3.8, 4) is 0 Å². The van der Waals surface area contributed by atoms with Crippen molar-refractivity contribution in [3.63, 3.8) is 0 Å². The summed E-state index contributed by atoms with van der Waals surface area (Å²) in [6.07, 6.45) is 2.58. The molecule has 1 heterocycles. The first-order chi connectivity index (χ1) is 6.42. The summed E-state index contributed by atoms with van der Waals surface area (Å²) in [5.41, 5.74) is 1.43. The van der Waals surface area contributed by atoms with Gasteiger partial charge in [0, 0.05) is 11.4 Å². The lowest BCUT2D eigenvalue weighted by Crippen LogP contribution is -2.19. The van der Waals surface area contributed by atoms with Gasteiger partial charge in [0.1, 0.15) is 0 Å². The summed E-state index contributed by atoms with van der Waals surface area (Å²) in [6.45, 7) is 3.45. The van der Waals surface area contributed by atoms with Gasteiger partial charge in [-0.2, -0.15) is 0 Å². The number of anilines is 1. The van der Waals surface area contributed by atoms with Gasteiger partial charge >= 0.3 is 0 Å². The zero-order valence-electron chi connectivity index (χ0n) is 7.99. The highest BCUT2D eigenvalue weighted by Crippen LogP contribution is 2.37. The van der Waals surface area contributed by atoms with Crippen molar-refractivity contribution in [1.29, 1.82) is 0 Å². The van der Waals surface area contributed by atoms with Crippen LogP contribution in [0, 0.1) is 0 Å². The van der Waals surface area contributed by atoms with E-state index in [9.17, 15) is 0 Å². The van der Waals surface area contributed by atoms with E-state index >= 15 is 0 Å². The van der Waals surface area contributed by atoms with Gasteiger partial charge in [0.25, 0.3) is 0 Å². The molecule has 2 rings (SSSR count). The number of hydrogen-bond donors (Lipinski definition) is 0. The van der Waals surface area contributed by atoms with E-state index in [1.54, 1.807) is 0 Å². The van der Waals surface area contributed by atoms with Crippen molar-refractivity contribution in [2.24, 2.45) is 0 Å². The molecule has 1 nitrogen and oxygen atoms in total. The summed E-state index contributed by atoms with van der Waals surface area (Å²) in [7, 11) is 0. The quantitative estimate of drug-likeness (QED) is 0.724. The first-order valence-electron chi connectivity index (χ1n) is 4.88. The standard InChI is InChI=1S/C11H15NS/c1-2-3-8-12-9-13-11-7-5-4-6-10(11)12/h4-7H,2-3,8-9H2,1H3. The summed E-state index contributed by atoms with van der Waals surface area (Å²) in [4.78, 5) is 3.92. The normalized spacial score (nSPS) is 14.7. The lowest BCUT2D eigenvalue weighted by atomic mass is 10.2. The Bertz CT molecular complexity index is 285. The molecule has 13 heavy (non-hydrogen) atoms. The highest BCUT2D eigenvalue weighted by atomic mass is 32.2. The number of para-hydroxylation sites is 1. The third-order valence-electron chi connectivity index (χ3n) is 2.36. The fourth-order valence-corrected chi connectivity index (χ4v) is 2.67. The second-order valence-corrected chi connectivity index (χ2v) is 4.34. The lowest BCUT2D eigenvalue weighted by Gasteiger charge is -2.17. The number of nitrogens with zero attached hydrogens (tertiary/aromatic N) is 1. The van der Waals surface area contributed by atoms with Crippen LogP contribution in [-0.4, -0.2) is 12.4 Å². The molecule has 0 unspecified atom stereocenters. The minimum atomic E-state index is 1.14. The van der Waals surface area contributed by atoms with Crippen LogP contribution in [0.25, 0.3) is 0 Å². The molecule has 0 saturated heterocycles. The van der Waals surface area contributed by atoms with Crippen molar-refractivity contribution in [2.45, 2.75) is 24.7 Å². The molecular weight excluding hydrogens is 178 g/mol. The zero-order valence-corrected chi connectivity index (χ0v) is 8.81. The molecule has 0 spiro atoms. The van der Waals surface area contributed by atoms with Gasteiger partial charge in [-0.25, -0.2) is 0 Å². The molecule has 0 atom stereocenters. The molecule has 0 aromatic heterocycles. The van der Waals surface area contributed by atoms with Gasteiger partial charge in [-0.15, -0.1) is 11.8 Å². The topological polar surface area (TPSA) is 3.24 Å². The van der Waals surface area contributed by atoms with Crippen LogP contribution < -0.4 is 4.90 Å². The zero-order chi connectivity index (χ0) is 9.10. The molecule has 1 aromatic rings. The monoisotopic (exact) mass is 193 g/mol. The van der Waals surface area contributed by atoms with Gasteiger partial charge in [0.2, 0.25) is 0 Å². The van der Waals surface area contributed by atoms with E-state index in [1.807, 2.05) is 11.8 Å². The molecule has 0 amide bonds. The smallest absolute Gasteiger partial charge is 0.0686 e. The summed E-state index contributed by atoms with van der Waals surface area (Å²) in [6, 6.07) is 8.69. The highest BCUT2D eigenvalue weighted by Gasteiger charge is 2.17. The molecule has 70 valence electrons. The fraction of sp³-hybridized carbons (Fsp3) is 0.455. The molecular formula is C11H15NS. The Morgan fingerprint density at radius 1 is 1.38 bits per heavy atom. The Labute approximate surface area is 84.1 Å². The van der Waals surface area contributed by atoms with Gasteiger partial charge in [-0.3, -0.25) is 0 Å². The molecule has 0 saturated carbocycles. The van der Waals surface area contributed by atoms with Crippen molar-refractivity contribution in [2.75, 3.05) is 17.3 Å². The third kappa shape index (κ3) is 1.83. The number of fused-ring (bicyclic) bond motifs is 1. The van der Waals surface area contributed by atoms with Crippen LogP contribution in [0.5, 0.6) is 0 Å². The van der Waals surface area contributed by atoms with Crippen molar-refractivity contribution < 1.29 is 0 Å². The number of rotatable bonds is 3. The maximum absolute atomic E-state index is 2.48. The minimum Gasteiger partial charge on any atom is -0.361 e. The number of hydrogen-bond acceptors (Lipinski definition) is 2. The van der Waals surface area contributed by atoms with Crippen LogP contribution in [0.3, 0.4) is 0 Å². The predicted octanol–water partition coefficient (Wildman–Crippen LogP) is 3.36. The third-order valence-corrected chi connectivity index (χ3v) is 3.46. The SMILES string of the molecule is CCCCN1CSc2ccccc21. The summed E-state index contributed by atoms with van der Waals surface area (Å²) < 4.78 is 0. The summed E-state index contributed by atoms with van der Waals surface area (Å²) >= 11 is 1.95. The Morgan fingerprint density at radius 3 is 3.08 bits per heavy atom.